The lowest BCUT2D eigenvalue weighted by molar-refractivity contribution is 0.212. The number of fused-ring (bicyclic) bond motifs is 1. The van der Waals surface area contributed by atoms with E-state index in [0.717, 1.165) is 16.8 Å². The van der Waals surface area contributed by atoms with Crippen molar-refractivity contribution in [2.75, 3.05) is 6.61 Å². The van der Waals surface area contributed by atoms with E-state index in [4.69, 9.17) is 0 Å². The first-order valence-corrected chi connectivity index (χ1v) is 6.63. The molecule has 0 aliphatic carbocycles. The number of nitrogens with zero attached hydrogens (tertiary/aromatic N) is 3. The number of aromatic nitrogens is 3. The summed E-state index contributed by atoms with van der Waals surface area (Å²) in [6.07, 6.45) is 1.97. The molecule has 4 nitrogen and oxygen atoms in total. The van der Waals surface area contributed by atoms with Crippen LogP contribution in [0.25, 0.3) is 16.8 Å². The molecule has 0 aliphatic rings. The first kappa shape index (κ1) is 12.8. The number of pyridine rings is 1. The third kappa shape index (κ3) is 2.18. The Bertz CT molecular complexity index is 732. The maximum Gasteiger partial charge on any atom is 0.159 e. The van der Waals surface area contributed by atoms with E-state index < -0.39 is 5.41 Å². The minimum atomic E-state index is -0.432. The number of benzene rings is 1. The fourth-order valence-corrected chi connectivity index (χ4v) is 2.04. The van der Waals surface area contributed by atoms with Crippen molar-refractivity contribution in [3.05, 3.63) is 54.5 Å². The summed E-state index contributed by atoms with van der Waals surface area (Å²) >= 11 is 0. The number of hydrogen-bond donors (Lipinski definition) is 1. The number of aliphatic hydroxyl groups is 1. The van der Waals surface area contributed by atoms with Crippen molar-refractivity contribution < 1.29 is 5.11 Å². The van der Waals surface area contributed by atoms with E-state index >= 15 is 0 Å². The third-order valence-corrected chi connectivity index (χ3v) is 3.44. The van der Waals surface area contributed by atoms with Gasteiger partial charge in [-0.2, -0.15) is 5.10 Å². The fourth-order valence-electron chi connectivity index (χ4n) is 2.04. The molecule has 3 rings (SSSR count). The predicted molar refractivity (Wildman–Crippen MR) is 78.5 cm³/mol. The molecule has 3 aromatic rings. The Balaban J connectivity index is 2.08. The van der Waals surface area contributed by atoms with E-state index in [1.54, 1.807) is 4.52 Å². The second kappa shape index (κ2) is 4.72. The zero-order valence-electron chi connectivity index (χ0n) is 11.6. The van der Waals surface area contributed by atoms with Gasteiger partial charge in [-0.25, -0.2) is 9.50 Å². The van der Waals surface area contributed by atoms with Crippen LogP contribution in [0, 0.1) is 0 Å². The molecule has 0 spiro atoms. The topological polar surface area (TPSA) is 50.4 Å². The molecule has 0 unspecified atom stereocenters. The molecule has 4 heteroatoms. The summed E-state index contributed by atoms with van der Waals surface area (Å²) in [5, 5.41) is 13.9. The van der Waals surface area contributed by atoms with Gasteiger partial charge >= 0.3 is 0 Å². The summed E-state index contributed by atoms with van der Waals surface area (Å²) in [6.45, 7) is 3.88. The first-order valence-electron chi connectivity index (χ1n) is 6.63. The molecule has 0 fully saturated rings. The second-order valence-corrected chi connectivity index (χ2v) is 5.56. The van der Waals surface area contributed by atoms with Crippen molar-refractivity contribution in [2.45, 2.75) is 19.3 Å². The molecule has 0 radical (unpaired) electrons. The van der Waals surface area contributed by atoms with Crippen molar-refractivity contribution in [1.82, 2.24) is 14.6 Å². The van der Waals surface area contributed by atoms with E-state index in [1.807, 2.05) is 50.4 Å². The van der Waals surface area contributed by atoms with Crippen LogP contribution in [-0.4, -0.2) is 26.3 Å². The number of hydrogen-bond acceptors (Lipinski definition) is 3. The summed E-state index contributed by atoms with van der Waals surface area (Å²) in [5.41, 5.74) is 2.60. The van der Waals surface area contributed by atoms with Crippen LogP contribution in [0.15, 0.2) is 48.7 Å². The van der Waals surface area contributed by atoms with Crippen LogP contribution in [0.3, 0.4) is 0 Å². The van der Waals surface area contributed by atoms with E-state index in [1.165, 1.54) is 0 Å². The highest BCUT2D eigenvalue weighted by Gasteiger charge is 2.24. The normalized spacial score (nSPS) is 11.9. The standard InChI is InChI=1S/C16H17N3O/c1-16(2,11-20)15-17-14-9-8-13(10-19(14)18-15)12-6-4-3-5-7-12/h3-10,20H,11H2,1-2H3. The summed E-state index contributed by atoms with van der Waals surface area (Å²) in [6, 6.07) is 14.1. The van der Waals surface area contributed by atoms with Crippen LogP contribution in [0.1, 0.15) is 19.7 Å². The summed E-state index contributed by atoms with van der Waals surface area (Å²) in [7, 11) is 0. The molecule has 2 aromatic heterocycles. The molecule has 2 heterocycles. The van der Waals surface area contributed by atoms with Gasteiger partial charge < -0.3 is 5.11 Å². The first-order chi connectivity index (χ1) is 9.60. The molecular weight excluding hydrogens is 250 g/mol. The number of rotatable bonds is 3. The smallest absolute Gasteiger partial charge is 0.159 e. The zero-order valence-corrected chi connectivity index (χ0v) is 11.6. The van der Waals surface area contributed by atoms with Crippen LogP contribution >= 0.6 is 0 Å². The maximum atomic E-state index is 9.42. The van der Waals surface area contributed by atoms with Gasteiger partial charge in [-0.1, -0.05) is 44.2 Å². The lowest BCUT2D eigenvalue weighted by atomic mass is 9.94. The van der Waals surface area contributed by atoms with Crippen LogP contribution in [0.4, 0.5) is 0 Å². The van der Waals surface area contributed by atoms with Crippen molar-refractivity contribution in [3.8, 4) is 11.1 Å². The van der Waals surface area contributed by atoms with Gasteiger partial charge in [-0.15, -0.1) is 0 Å². The summed E-state index contributed by atoms with van der Waals surface area (Å²) in [5.74, 6) is 0.658. The van der Waals surface area contributed by atoms with Gasteiger partial charge in [0.05, 0.1) is 6.61 Å². The molecule has 0 atom stereocenters. The van der Waals surface area contributed by atoms with Crippen molar-refractivity contribution >= 4 is 5.65 Å². The Labute approximate surface area is 117 Å². The Morgan fingerprint density at radius 1 is 1.05 bits per heavy atom. The molecule has 0 saturated heterocycles. The van der Waals surface area contributed by atoms with Crippen LogP contribution in [0.5, 0.6) is 0 Å². The minimum absolute atomic E-state index is 0.0232. The van der Waals surface area contributed by atoms with E-state index in [-0.39, 0.29) is 6.61 Å². The molecule has 1 N–H and O–H groups in total. The Kier molecular flexibility index (Phi) is 3.03. The molecule has 102 valence electrons. The molecule has 0 bridgehead atoms. The third-order valence-electron chi connectivity index (χ3n) is 3.44. The maximum absolute atomic E-state index is 9.42. The van der Waals surface area contributed by atoms with Crippen LogP contribution < -0.4 is 0 Å². The van der Waals surface area contributed by atoms with Gasteiger partial charge in [0, 0.05) is 17.2 Å². The van der Waals surface area contributed by atoms with Gasteiger partial charge in [-0.05, 0) is 17.7 Å². The molecule has 0 aliphatic heterocycles. The highest BCUT2D eigenvalue weighted by atomic mass is 16.3. The fraction of sp³-hybridized carbons (Fsp3) is 0.250. The molecule has 20 heavy (non-hydrogen) atoms. The zero-order chi connectivity index (χ0) is 14.2. The molecular formula is C16H17N3O. The molecule has 1 aromatic carbocycles. The van der Waals surface area contributed by atoms with Gasteiger partial charge in [0.15, 0.2) is 11.5 Å². The molecule has 0 saturated carbocycles. The van der Waals surface area contributed by atoms with E-state index in [0.29, 0.717) is 5.82 Å². The van der Waals surface area contributed by atoms with Crippen molar-refractivity contribution in [2.24, 2.45) is 0 Å². The Hall–Kier alpha value is -2.20. The van der Waals surface area contributed by atoms with Gasteiger partial charge in [-0.3, -0.25) is 0 Å². The average molecular weight is 267 g/mol. The monoisotopic (exact) mass is 267 g/mol. The highest BCUT2D eigenvalue weighted by molar-refractivity contribution is 5.64. The van der Waals surface area contributed by atoms with Gasteiger partial charge in [0.1, 0.15) is 0 Å². The lowest BCUT2D eigenvalue weighted by Gasteiger charge is -2.16. The largest absolute Gasteiger partial charge is 0.395 e. The van der Waals surface area contributed by atoms with Crippen molar-refractivity contribution in [1.29, 1.82) is 0 Å². The predicted octanol–water partition coefficient (Wildman–Crippen LogP) is 2.67. The van der Waals surface area contributed by atoms with Gasteiger partial charge in [0.25, 0.3) is 0 Å². The second-order valence-electron chi connectivity index (χ2n) is 5.56. The van der Waals surface area contributed by atoms with E-state index in [2.05, 4.69) is 22.2 Å². The van der Waals surface area contributed by atoms with Crippen LogP contribution in [0.2, 0.25) is 0 Å². The van der Waals surface area contributed by atoms with Crippen molar-refractivity contribution in [3.63, 3.8) is 0 Å². The highest BCUT2D eigenvalue weighted by Crippen LogP contribution is 2.22. The Morgan fingerprint density at radius 2 is 1.80 bits per heavy atom. The minimum Gasteiger partial charge on any atom is -0.395 e. The molecule has 0 amide bonds. The average Bonchev–Trinajstić information content (AvgIpc) is 2.92. The SMILES string of the molecule is CC(C)(CO)c1nc2ccc(-c3ccccc3)cn2n1. The quantitative estimate of drug-likeness (QED) is 0.793. The lowest BCUT2D eigenvalue weighted by Crippen LogP contribution is -2.23. The number of aliphatic hydroxyl groups excluding tert-OH is 1. The van der Waals surface area contributed by atoms with Gasteiger partial charge in [0.2, 0.25) is 0 Å². The Morgan fingerprint density at radius 3 is 2.50 bits per heavy atom. The van der Waals surface area contributed by atoms with E-state index in [9.17, 15) is 5.11 Å². The summed E-state index contributed by atoms with van der Waals surface area (Å²) < 4.78 is 1.77. The van der Waals surface area contributed by atoms with Crippen LogP contribution in [-0.2, 0) is 5.41 Å². The summed E-state index contributed by atoms with van der Waals surface area (Å²) in [4.78, 5) is 4.48.